The van der Waals surface area contributed by atoms with E-state index in [0.29, 0.717) is 17.3 Å². The van der Waals surface area contributed by atoms with Gasteiger partial charge in [-0.3, -0.25) is 4.79 Å². The summed E-state index contributed by atoms with van der Waals surface area (Å²) >= 11 is 3.23. The zero-order valence-electron chi connectivity index (χ0n) is 9.30. The fourth-order valence-electron chi connectivity index (χ4n) is 2.07. The fraction of sp³-hybridized carbons (Fsp3) is 0.417. The van der Waals surface area contributed by atoms with Gasteiger partial charge in [-0.05, 0) is 31.0 Å². The van der Waals surface area contributed by atoms with Gasteiger partial charge in [0.2, 0.25) is 5.91 Å². The summed E-state index contributed by atoms with van der Waals surface area (Å²) in [6.07, 6.45) is 3.22. The molecule has 0 unspecified atom stereocenters. The Balaban J connectivity index is 2.15. The fourth-order valence-corrected chi connectivity index (χ4v) is 2.43. The topological polar surface area (TPSA) is 55.1 Å². The molecule has 0 aromatic heterocycles. The van der Waals surface area contributed by atoms with Crippen molar-refractivity contribution in [1.82, 2.24) is 0 Å². The molecule has 92 valence electrons. The van der Waals surface area contributed by atoms with Gasteiger partial charge in [0, 0.05) is 4.47 Å². The van der Waals surface area contributed by atoms with E-state index in [1.165, 1.54) is 12.1 Å². The second-order valence-electron chi connectivity index (χ2n) is 4.44. The SMILES string of the molecule is NC1(C(=O)Nc2cc(Br)ccc2F)CCCC1. The lowest BCUT2D eigenvalue weighted by Gasteiger charge is -2.22. The van der Waals surface area contributed by atoms with E-state index >= 15 is 0 Å². The van der Waals surface area contributed by atoms with Crippen LogP contribution in [0.15, 0.2) is 22.7 Å². The first-order chi connectivity index (χ1) is 8.01. The monoisotopic (exact) mass is 300 g/mol. The van der Waals surface area contributed by atoms with Crippen LogP contribution < -0.4 is 11.1 Å². The molecule has 0 saturated heterocycles. The molecule has 0 radical (unpaired) electrons. The highest BCUT2D eigenvalue weighted by Crippen LogP contribution is 2.29. The second-order valence-corrected chi connectivity index (χ2v) is 5.36. The van der Waals surface area contributed by atoms with Crippen LogP contribution >= 0.6 is 15.9 Å². The number of nitrogens with two attached hydrogens (primary N) is 1. The van der Waals surface area contributed by atoms with Crippen molar-refractivity contribution >= 4 is 27.5 Å². The van der Waals surface area contributed by atoms with Crippen LogP contribution in [0.1, 0.15) is 25.7 Å². The van der Waals surface area contributed by atoms with Crippen LogP contribution in [0.3, 0.4) is 0 Å². The molecule has 1 aliphatic carbocycles. The molecule has 2 rings (SSSR count). The highest BCUT2D eigenvalue weighted by atomic mass is 79.9. The van der Waals surface area contributed by atoms with Crippen molar-refractivity contribution in [3.63, 3.8) is 0 Å². The van der Waals surface area contributed by atoms with Gasteiger partial charge in [0.05, 0.1) is 11.2 Å². The van der Waals surface area contributed by atoms with E-state index in [4.69, 9.17) is 5.73 Å². The van der Waals surface area contributed by atoms with Crippen LogP contribution in [0.4, 0.5) is 10.1 Å². The number of carbonyl (C=O) groups is 1. The quantitative estimate of drug-likeness (QED) is 0.882. The van der Waals surface area contributed by atoms with Crippen molar-refractivity contribution in [2.24, 2.45) is 5.73 Å². The van der Waals surface area contributed by atoms with Crippen molar-refractivity contribution in [3.05, 3.63) is 28.5 Å². The number of hydrogen-bond donors (Lipinski definition) is 2. The van der Waals surface area contributed by atoms with Crippen molar-refractivity contribution in [3.8, 4) is 0 Å². The summed E-state index contributed by atoms with van der Waals surface area (Å²) in [5, 5.41) is 2.56. The molecular formula is C12H14BrFN2O. The summed E-state index contributed by atoms with van der Waals surface area (Å²) in [5.74, 6) is -0.754. The predicted octanol–water partition coefficient (Wildman–Crippen LogP) is 2.80. The number of carbonyl (C=O) groups excluding carboxylic acids is 1. The normalized spacial score (nSPS) is 18.1. The Morgan fingerprint density at radius 1 is 1.41 bits per heavy atom. The average molecular weight is 301 g/mol. The molecule has 1 aliphatic rings. The maximum atomic E-state index is 13.5. The van der Waals surface area contributed by atoms with Crippen LogP contribution in [0, 0.1) is 5.82 Å². The maximum absolute atomic E-state index is 13.5. The molecule has 1 saturated carbocycles. The lowest BCUT2D eigenvalue weighted by atomic mass is 9.98. The third kappa shape index (κ3) is 2.66. The molecule has 17 heavy (non-hydrogen) atoms. The van der Waals surface area contributed by atoms with E-state index < -0.39 is 11.4 Å². The van der Waals surface area contributed by atoms with Crippen LogP contribution in [0.5, 0.6) is 0 Å². The van der Waals surface area contributed by atoms with Gasteiger partial charge in [-0.2, -0.15) is 0 Å². The minimum absolute atomic E-state index is 0.168. The van der Waals surface area contributed by atoms with Crippen molar-refractivity contribution in [2.75, 3.05) is 5.32 Å². The Labute approximate surface area is 108 Å². The highest BCUT2D eigenvalue weighted by Gasteiger charge is 2.37. The van der Waals surface area contributed by atoms with Crippen molar-refractivity contribution in [2.45, 2.75) is 31.2 Å². The maximum Gasteiger partial charge on any atom is 0.244 e. The van der Waals surface area contributed by atoms with E-state index in [2.05, 4.69) is 21.2 Å². The summed E-state index contributed by atoms with van der Waals surface area (Å²) in [6, 6.07) is 4.42. The summed E-state index contributed by atoms with van der Waals surface area (Å²) in [5.41, 5.74) is 5.32. The lowest BCUT2D eigenvalue weighted by molar-refractivity contribution is -0.121. The zero-order chi connectivity index (χ0) is 12.5. The number of hydrogen-bond acceptors (Lipinski definition) is 2. The van der Waals surface area contributed by atoms with E-state index in [-0.39, 0.29) is 11.6 Å². The minimum Gasteiger partial charge on any atom is -0.322 e. The molecule has 0 atom stereocenters. The molecule has 0 bridgehead atoms. The largest absolute Gasteiger partial charge is 0.322 e. The summed E-state index contributed by atoms with van der Waals surface area (Å²) in [7, 11) is 0. The van der Waals surface area contributed by atoms with Gasteiger partial charge in [-0.15, -0.1) is 0 Å². The molecule has 1 fully saturated rings. The summed E-state index contributed by atoms with van der Waals surface area (Å²) < 4.78 is 14.2. The zero-order valence-corrected chi connectivity index (χ0v) is 10.9. The number of rotatable bonds is 2. The van der Waals surface area contributed by atoms with Crippen LogP contribution in [-0.2, 0) is 4.79 Å². The van der Waals surface area contributed by atoms with Crippen LogP contribution in [0.25, 0.3) is 0 Å². The number of benzene rings is 1. The molecule has 0 aliphatic heterocycles. The third-order valence-corrected chi connectivity index (χ3v) is 3.62. The average Bonchev–Trinajstić information content (AvgIpc) is 2.72. The lowest BCUT2D eigenvalue weighted by Crippen LogP contribution is -2.48. The van der Waals surface area contributed by atoms with Crippen molar-refractivity contribution in [1.29, 1.82) is 0 Å². The highest BCUT2D eigenvalue weighted by molar-refractivity contribution is 9.10. The van der Waals surface area contributed by atoms with Crippen LogP contribution in [0.2, 0.25) is 0 Å². The second kappa shape index (κ2) is 4.74. The molecule has 1 aromatic carbocycles. The first-order valence-electron chi connectivity index (χ1n) is 5.57. The Kier molecular flexibility index (Phi) is 3.49. The Morgan fingerprint density at radius 2 is 2.06 bits per heavy atom. The number of halogens is 2. The van der Waals surface area contributed by atoms with E-state index in [1.54, 1.807) is 6.07 Å². The number of amides is 1. The minimum atomic E-state index is -0.839. The molecule has 0 heterocycles. The Morgan fingerprint density at radius 3 is 2.71 bits per heavy atom. The van der Waals surface area contributed by atoms with Gasteiger partial charge in [0.1, 0.15) is 5.82 Å². The summed E-state index contributed by atoms with van der Waals surface area (Å²) in [4.78, 5) is 12.0. The molecule has 3 N–H and O–H groups in total. The predicted molar refractivity (Wildman–Crippen MR) is 68.1 cm³/mol. The number of nitrogens with one attached hydrogen (secondary N) is 1. The smallest absolute Gasteiger partial charge is 0.244 e. The van der Waals surface area contributed by atoms with E-state index in [9.17, 15) is 9.18 Å². The third-order valence-electron chi connectivity index (χ3n) is 3.12. The Hall–Kier alpha value is -0.940. The molecule has 0 spiro atoms. The van der Waals surface area contributed by atoms with Gasteiger partial charge < -0.3 is 11.1 Å². The number of anilines is 1. The van der Waals surface area contributed by atoms with Gasteiger partial charge in [-0.1, -0.05) is 28.8 Å². The van der Waals surface area contributed by atoms with Gasteiger partial charge in [0.15, 0.2) is 0 Å². The molecule has 1 aromatic rings. The molecule has 1 amide bonds. The van der Waals surface area contributed by atoms with Crippen LogP contribution in [-0.4, -0.2) is 11.4 Å². The summed E-state index contributed by atoms with van der Waals surface area (Å²) in [6.45, 7) is 0. The molecule has 5 heteroatoms. The van der Waals surface area contributed by atoms with Gasteiger partial charge in [-0.25, -0.2) is 4.39 Å². The first kappa shape index (κ1) is 12.5. The molecule has 3 nitrogen and oxygen atoms in total. The van der Waals surface area contributed by atoms with Gasteiger partial charge in [0.25, 0.3) is 0 Å². The van der Waals surface area contributed by atoms with E-state index in [1.807, 2.05) is 0 Å². The Bertz CT molecular complexity index is 444. The molecular weight excluding hydrogens is 287 g/mol. The van der Waals surface area contributed by atoms with Crippen molar-refractivity contribution < 1.29 is 9.18 Å². The standard InChI is InChI=1S/C12H14BrFN2O/c13-8-3-4-9(14)10(7-8)16-11(17)12(15)5-1-2-6-12/h3-4,7H,1-2,5-6,15H2,(H,16,17). The van der Waals surface area contributed by atoms with Gasteiger partial charge >= 0.3 is 0 Å². The first-order valence-corrected chi connectivity index (χ1v) is 6.36. The van der Waals surface area contributed by atoms with E-state index in [0.717, 1.165) is 12.8 Å².